The molecule has 0 aliphatic rings. The third-order valence-corrected chi connectivity index (χ3v) is 3.54. The van der Waals surface area contributed by atoms with Crippen LogP contribution >= 0.6 is 28.3 Å². The van der Waals surface area contributed by atoms with Crippen molar-refractivity contribution in [2.75, 3.05) is 6.54 Å². The summed E-state index contributed by atoms with van der Waals surface area (Å²) in [6.07, 6.45) is 0.728. The molecule has 0 spiro atoms. The van der Waals surface area contributed by atoms with E-state index in [9.17, 15) is 14.9 Å². The van der Waals surface area contributed by atoms with Crippen LogP contribution in [0.2, 0.25) is 0 Å². The number of amides is 1. The summed E-state index contributed by atoms with van der Waals surface area (Å²) >= 11 is 3.18. The molecular weight excluding hydrogens is 374 g/mol. The molecule has 0 heterocycles. The zero-order chi connectivity index (χ0) is 16.2. The van der Waals surface area contributed by atoms with E-state index in [0.29, 0.717) is 16.9 Å². The third kappa shape index (κ3) is 5.90. The van der Waals surface area contributed by atoms with Crippen LogP contribution in [0.3, 0.4) is 0 Å². The summed E-state index contributed by atoms with van der Waals surface area (Å²) in [7, 11) is 0. The molecule has 0 aromatic heterocycles. The van der Waals surface area contributed by atoms with Crippen molar-refractivity contribution in [3.8, 4) is 0 Å². The highest BCUT2D eigenvalue weighted by Gasteiger charge is 2.27. The van der Waals surface area contributed by atoms with E-state index in [-0.39, 0.29) is 29.6 Å². The quantitative estimate of drug-likeness (QED) is 0.571. The van der Waals surface area contributed by atoms with Crippen LogP contribution in [0.25, 0.3) is 0 Å². The van der Waals surface area contributed by atoms with Crippen molar-refractivity contribution in [3.05, 3.63) is 38.3 Å². The van der Waals surface area contributed by atoms with Crippen LogP contribution in [0.15, 0.2) is 22.7 Å². The number of nitrogens with two attached hydrogens (primary N) is 1. The Balaban J connectivity index is 0.00000441. The summed E-state index contributed by atoms with van der Waals surface area (Å²) in [5, 5.41) is 13.7. The molecule has 3 N–H and O–H groups in total. The lowest BCUT2D eigenvalue weighted by Gasteiger charge is -2.31. The molecule has 22 heavy (non-hydrogen) atoms. The number of non-ortho nitro benzene ring substituents is 1. The van der Waals surface area contributed by atoms with E-state index in [4.69, 9.17) is 5.73 Å². The summed E-state index contributed by atoms with van der Waals surface area (Å²) in [6.45, 7) is 6.26. The summed E-state index contributed by atoms with van der Waals surface area (Å²) in [5.74, 6) is 0.00342. The standard InChI is InChI=1S/C14H20BrN3O3.ClH/c1-9(2)7-14(3,8-16)17-13(19)10-4-11(15)6-12(5-10)18(20)21;/h4-6,9H,7-8,16H2,1-3H3,(H,17,19);1H. The lowest BCUT2D eigenvalue weighted by Crippen LogP contribution is -2.52. The van der Waals surface area contributed by atoms with E-state index >= 15 is 0 Å². The van der Waals surface area contributed by atoms with Crippen molar-refractivity contribution >= 4 is 39.9 Å². The van der Waals surface area contributed by atoms with E-state index in [2.05, 4.69) is 21.2 Å². The van der Waals surface area contributed by atoms with Crippen molar-refractivity contribution in [2.24, 2.45) is 11.7 Å². The molecule has 0 saturated carbocycles. The Morgan fingerprint density at radius 1 is 1.45 bits per heavy atom. The Bertz CT molecular complexity index is 554. The van der Waals surface area contributed by atoms with Gasteiger partial charge in [0, 0.05) is 34.3 Å². The SMILES string of the molecule is CC(C)CC(C)(CN)NC(=O)c1cc(Br)cc([N+](=O)[O-])c1.Cl. The fourth-order valence-electron chi connectivity index (χ4n) is 2.24. The van der Waals surface area contributed by atoms with E-state index < -0.39 is 10.5 Å². The Hall–Kier alpha value is -1.18. The van der Waals surface area contributed by atoms with Crippen molar-refractivity contribution in [1.29, 1.82) is 0 Å². The summed E-state index contributed by atoms with van der Waals surface area (Å²) in [4.78, 5) is 22.6. The van der Waals surface area contributed by atoms with Gasteiger partial charge in [0.05, 0.1) is 4.92 Å². The summed E-state index contributed by atoms with van der Waals surface area (Å²) < 4.78 is 0.486. The molecule has 0 aliphatic heterocycles. The lowest BCUT2D eigenvalue weighted by atomic mass is 9.90. The zero-order valence-corrected chi connectivity index (χ0v) is 15.2. The van der Waals surface area contributed by atoms with Gasteiger partial charge in [-0.05, 0) is 25.3 Å². The maximum atomic E-state index is 12.3. The molecule has 0 bridgehead atoms. The zero-order valence-electron chi connectivity index (χ0n) is 12.8. The molecule has 0 radical (unpaired) electrons. The van der Waals surface area contributed by atoms with Gasteiger partial charge in [-0.15, -0.1) is 12.4 Å². The Morgan fingerprint density at radius 2 is 2.05 bits per heavy atom. The average Bonchev–Trinajstić information content (AvgIpc) is 2.36. The highest BCUT2D eigenvalue weighted by molar-refractivity contribution is 9.10. The first-order chi connectivity index (χ1) is 9.66. The number of nitrogens with one attached hydrogen (secondary N) is 1. The molecule has 6 nitrogen and oxygen atoms in total. The first kappa shape index (κ1) is 20.8. The molecule has 0 saturated heterocycles. The number of carbonyl (C=O) groups excluding carboxylic acids is 1. The molecule has 124 valence electrons. The van der Waals surface area contributed by atoms with Gasteiger partial charge >= 0.3 is 0 Å². The number of nitrogens with zero attached hydrogens (tertiary/aromatic N) is 1. The number of nitro groups is 1. The van der Waals surface area contributed by atoms with E-state index in [1.165, 1.54) is 12.1 Å². The predicted molar refractivity (Wildman–Crippen MR) is 92.4 cm³/mol. The topological polar surface area (TPSA) is 98.3 Å². The predicted octanol–water partition coefficient (Wildman–Crippen LogP) is 3.27. The van der Waals surface area contributed by atoms with Gasteiger partial charge in [0.15, 0.2) is 0 Å². The van der Waals surface area contributed by atoms with Gasteiger partial charge in [0.1, 0.15) is 0 Å². The van der Waals surface area contributed by atoms with Crippen LogP contribution < -0.4 is 11.1 Å². The number of carbonyl (C=O) groups is 1. The van der Waals surface area contributed by atoms with Gasteiger partial charge in [-0.1, -0.05) is 29.8 Å². The molecule has 8 heteroatoms. The normalized spacial score (nSPS) is 13.2. The van der Waals surface area contributed by atoms with Gasteiger partial charge in [-0.25, -0.2) is 0 Å². The molecular formula is C14H21BrClN3O3. The smallest absolute Gasteiger partial charge is 0.271 e. The average molecular weight is 395 g/mol. The second kappa shape index (κ2) is 8.45. The van der Waals surface area contributed by atoms with Crippen LogP contribution in [-0.4, -0.2) is 22.9 Å². The van der Waals surface area contributed by atoms with Gasteiger partial charge in [0.2, 0.25) is 0 Å². The number of rotatable bonds is 6. The number of hydrogen-bond acceptors (Lipinski definition) is 4. The maximum absolute atomic E-state index is 12.3. The van der Waals surface area contributed by atoms with Crippen LogP contribution in [0.5, 0.6) is 0 Å². The van der Waals surface area contributed by atoms with Crippen molar-refractivity contribution < 1.29 is 9.72 Å². The fourth-order valence-corrected chi connectivity index (χ4v) is 2.72. The van der Waals surface area contributed by atoms with Crippen LogP contribution in [0.4, 0.5) is 5.69 Å². The van der Waals surface area contributed by atoms with Crippen LogP contribution in [0, 0.1) is 16.0 Å². The molecule has 0 aliphatic carbocycles. The lowest BCUT2D eigenvalue weighted by molar-refractivity contribution is -0.385. The minimum Gasteiger partial charge on any atom is -0.346 e. The minimum atomic E-state index is -0.539. The summed E-state index contributed by atoms with van der Waals surface area (Å²) in [6, 6.07) is 4.16. The minimum absolute atomic E-state index is 0. The van der Waals surface area contributed by atoms with Crippen molar-refractivity contribution in [3.63, 3.8) is 0 Å². The molecule has 1 unspecified atom stereocenters. The number of halogens is 2. The number of nitro benzene ring substituents is 1. The Kier molecular flexibility index (Phi) is 8.00. The number of hydrogen-bond donors (Lipinski definition) is 2. The van der Waals surface area contributed by atoms with E-state index in [1.807, 2.05) is 20.8 Å². The number of benzene rings is 1. The van der Waals surface area contributed by atoms with Gasteiger partial charge in [-0.3, -0.25) is 14.9 Å². The Labute approximate surface area is 144 Å². The first-order valence-electron chi connectivity index (χ1n) is 6.64. The van der Waals surface area contributed by atoms with E-state index in [1.54, 1.807) is 6.07 Å². The molecule has 1 aromatic rings. The largest absolute Gasteiger partial charge is 0.346 e. The monoisotopic (exact) mass is 393 g/mol. The second-order valence-corrected chi connectivity index (χ2v) is 6.69. The second-order valence-electron chi connectivity index (χ2n) is 5.77. The molecule has 1 rings (SSSR count). The highest BCUT2D eigenvalue weighted by atomic mass is 79.9. The molecule has 1 amide bonds. The van der Waals surface area contributed by atoms with Crippen molar-refractivity contribution in [2.45, 2.75) is 32.7 Å². The van der Waals surface area contributed by atoms with Gasteiger partial charge in [-0.2, -0.15) is 0 Å². The maximum Gasteiger partial charge on any atom is 0.271 e. The van der Waals surface area contributed by atoms with E-state index in [0.717, 1.165) is 6.42 Å². The van der Waals surface area contributed by atoms with Crippen molar-refractivity contribution in [1.82, 2.24) is 5.32 Å². The summed E-state index contributed by atoms with van der Waals surface area (Å²) in [5.41, 5.74) is 5.32. The highest BCUT2D eigenvalue weighted by Crippen LogP contribution is 2.22. The van der Waals surface area contributed by atoms with Gasteiger partial charge < -0.3 is 11.1 Å². The fraction of sp³-hybridized carbons (Fsp3) is 0.500. The molecule has 0 fully saturated rings. The Morgan fingerprint density at radius 3 is 2.50 bits per heavy atom. The molecule has 1 aromatic carbocycles. The van der Waals surface area contributed by atoms with Crippen LogP contribution in [0.1, 0.15) is 37.6 Å². The third-order valence-electron chi connectivity index (χ3n) is 3.08. The molecule has 1 atom stereocenters. The van der Waals surface area contributed by atoms with Crippen LogP contribution in [-0.2, 0) is 0 Å². The van der Waals surface area contributed by atoms with Gasteiger partial charge in [0.25, 0.3) is 11.6 Å². The first-order valence-corrected chi connectivity index (χ1v) is 7.44.